The van der Waals surface area contributed by atoms with Gasteiger partial charge in [-0.2, -0.15) is 0 Å². The Balaban J connectivity index is 1.40. The van der Waals surface area contributed by atoms with Crippen molar-refractivity contribution in [3.05, 3.63) is 77.9 Å². The molecule has 0 radical (unpaired) electrons. The van der Waals surface area contributed by atoms with Crippen LogP contribution in [-0.4, -0.2) is 58.3 Å². The van der Waals surface area contributed by atoms with Gasteiger partial charge in [-0.05, 0) is 78.7 Å². The summed E-state index contributed by atoms with van der Waals surface area (Å²) in [7, 11) is 0. The van der Waals surface area contributed by atoms with E-state index in [1.807, 2.05) is 12.1 Å². The van der Waals surface area contributed by atoms with Gasteiger partial charge in [-0.1, -0.05) is 0 Å². The maximum absolute atomic E-state index is 13.6. The molecule has 0 saturated carbocycles. The number of likely N-dealkylation sites (tertiary alicyclic amines) is 1. The Kier molecular flexibility index (Phi) is 6.24. The van der Waals surface area contributed by atoms with Gasteiger partial charge in [-0.25, -0.2) is 0 Å². The molecule has 1 saturated heterocycles. The molecule has 4 aromatic rings. The van der Waals surface area contributed by atoms with Gasteiger partial charge in [0.05, 0.1) is 0 Å². The second-order valence-corrected chi connectivity index (χ2v) is 9.52. The number of phenolic OH excluding ortho intramolecular Hbond substituents is 2. The number of phenols is 2. The molecular formula is C27H25NO5S. The van der Waals surface area contributed by atoms with Crippen molar-refractivity contribution in [3.8, 4) is 27.7 Å². The van der Waals surface area contributed by atoms with Crippen LogP contribution in [0, 0.1) is 0 Å². The molecule has 0 aliphatic carbocycles. The highest BCUT2D eigenvalue weighted by molar-refractivity contribution is 7.22. The molecule has 1 aliphatic heterocycles. The summed E-state index contributed by atoms with van der Waals surface area (Å²) in [5.41, 5.74) is 1.97. The average molecular weight is 476 g/mol. The third-order valence-electron chi connectivity index (χ3n) is 6.01. The summed E-state index contributed by atoms with van der Waals surface area (Å²) in [6.07, 6.45) is 0.891. The summed E-state index contributed by atoms with van der Waals surface area (Å²) < 4.78 is 6.83. The van der Waals surface area contributed by atoms with Crippen molar-refractivity contribution in [2.75, 3.05) is 26.2 Å². The number of aromatic hydroxyl groups is 2. The lowest BCUT2D eigenvalue weighted by Gasteiger charge is -2.38. The van der Waals surface area contributed by atoms with Crippen LogP contribution in [0.2, 0.25) is 0 Å². The zero-order valence-corrected chi connectivity index (χ0v) is 19.3. The predicted octanol–water partition coefficient (Wildman–Crippen LogP) is 4.66. The van der Waals surface area contributed by atoms with E-state index in [9.17, 15) is 15.0 Å². The Morgan fingerprint density at radius 2 is 1.68 bits per heavy atom. The van der Waals surface area contributed by atoms with Crippen LogP contribution in [0.4, 0.5) is 0 Å². The van der Waals surface area contributed by atoms with Gasteiger partial charge >= 0.3 is 0 Å². The molecular weight excluding hydrogens is 450 g/mol. The molecule has 7 heteroatoms. The monoisotopic (exact) mass is 475 g/mol. The number of fused-ring (bicyclic) bond motifs is 1. The predicted molar refractivity (Wildman–Crippen MR) is 133 cm³/mol. The second kappa shape index (κ2) is 9.46. The molecule has 174 valence electrons. The van der Waals surface area contributed by atoms with Gasteiger partial charge in [0.2, 0.25) is 0 Å². The quantitative estimate of drug-likeness (QED) is 0.321. The number of ketones is 1. The topological polar surface area (TPSA) is 90.2 Å². The number of carbonyl (C=O) groups excluding carboxylic acids is 1. The number of carbonyl (C=O) groups is 1. The number of aliphatic hydroxyl groups excluding tert-OH is 1. The summed E-state index contributed by atoms with van der Waals surface area (Å²) in [4.78, 5) is 16.7. The van der Waals surface area contributed by atoms with Gasteiger partial charge in [0.25, 0.3) is 0 Å². The van der Waals surface area contributed by atoms with Gasteiger partial charge in [0, 0.05) is 52.3 Å². The number of hydrogen-bond donors (Lipinski definition) is 3. The maximum atomic E-state index is 13.6. The number of hydrogen-bond acceptors (Lipinski definition) is 7. The van der Waals surface area contributed by atoms with Gasteiger partial charge in [-0.3, -0.25) is 9.69 Å². The van der Waals surface area contributed by atoms with Crippen LogP contribution in [0.5, 0.6) is 17.2 Å². The van der Waals surface area contributed by atoms with Crippen molar-refractivity contribution in [1.82, 2.24) is 4.90 Å². The van der Waals surface area contributed by atoms with Crippen LogP contribution in [0.15, 0.2) is 66.7 Å². The Hall–Kier alpha value is -3.39. The highest BCUT2D eigenvalue weighted by atomic mass is 32.1. The van der Waals surface area contributed by atoms with Crippen LogP contribution in [-0.2, 0) is 0 Å². The number of rotatable bonds is 8. The van der Waals surface area contributed by atoms with Gasteiger partial charge < -0.3 is 20.1 Å². The molecule has 34 heavy (non-hydrogen) atoms. The minimum absolute atomic E-state index is 0.106. The van der Waals surface area contributed by atoms with E-state index in [2.05, 4.69) is 4.90 Å². The highest BCUT2D eigenvalue weighted by Crippen LogP contribution is 2.41. The van der Waals surface area contributed by atoms with E-state index in [0.717, 1.165) is 52.3 Å². The molecule has 5 rings (SSSR count). The van der Waals surface area contributed by atoms with Gasteiger partial charge in [0.15, 0.2) is 5.78 Å². The number of benzene rings is 3. The smallest absolute Gasteiger partial charge is 0.195 e. The van der Waals surface area contributed by atoms with Crippen LogP contribution in [0.1, 0.15) is 22.3 Å². The van der Waals surface area contributed by atoms with Crippen molar-refractivity contribution < 1.29 is 24.9 Å². The molecule has 3 aromatic carbocycles. The number of nitrogens with zero attached hydrogens (tertiary/aromatic N) is 1. The van der Waals surface area contributed by atoms with Gasteiger partial charge in [-0.15, -0.1) is 11.3 Å². The second-order valence-electron chi connectivity index (χ2n) is 8.46. The SMILES string of the molecule is O=C(c1ccc(OC2CN(CCCO)C2)cc1)c1c(-c2ccc(O)cc2)sc2cc(O)ccc12. The van der Waals surface area contributed by atoms with E-state index < -0.39 is 0 Å². The van der Waals surface area contributed by atoms with E-state index in [-0.39, 0.29) is 30.0 Å². The van der Waals surface area contributed by atoms with Gasteiger partial charge in [0.1, 0.15) is 23.4 Å². The molecule has 3 N–H and O–H groups in total. The summed E-state index contributed by atoms with van der Waals surface area (Å²) in [6.45, 7) is 2.75. The molecule has 0 unspecified atom stereocenters. The maximum Gasteiger partial charge on any atom is 0.195 e. The molecule has 1 aromatic heterocycles. The first-order chi connectivity index (χ1) is 16.5. The number of aliphatic hydroxyl groups is 1. The van der Waals surface area contributed by atoms with Crippen molar-refractivity contribution in [2.45, 2.75) is 12.5 Å². The zero-order valence-electron chi connectivity index (χ0n) is 18.5. The molecule has 0 atom stereocenters. The average Bonchev–Trinajstić information content (AvgIpc) is 3.19. The fourth-order valence-electron chi connectivity index (χ4n) is 4.22. The van der Waals surface area contributed by atoms with Crippen molar-refractivity contribution in [2.24, 2.45) is 0 Å². The summed E-state index contributed by atoms with van der Waals surface area (Å²) >= 11 is 1.44. The first kappa shape index (κ1) is 22.4. The number of thiophene rings is 1. The van der Waals surface area contributed by atoms with E-state index in [1.54, 1.807) is 54.6 Å². The van der Waals surface area contributed by atoms with E-state index in [4.69, 9.17) is 9.84 Å². The van der Waals surface area contributed by atoms with Crippen molar-refractivity contribution in [3.63, 3.8) is 0 Å². The lowest BCUT2D eigenvalue weighted by molar-refractivity contribution is 0.0167. The number of ether oxygens (including phenoxy) is 1. The lowest BCUT2D eigenvalue weighted by atomic mass is 9.97. The Morgan fingerprint density at radius 3 is 2.38 bits per heavy atom. The largest absolute Gasteiger partial charge is 0.508 e. The first-order valence-electron chi connectivity index (χ1n) is 11.2. The zero-order chi connectivity index (χ0) is 23.7. The van der Waals surface area contributed by atoms with E-state index in [1.165, 1.54) is 11.3 Å². The highest BCUT2D eigenvalue weighted by Gasteiger charge is 2.28. The Labute approximate surface area is 201 Å². The fourth-order valence-corrected chi connectivity index (χ4v) is 5.46. The molecule has 2 heterocycles. The first-order valence-corrected chi connectivity index (χ1v) is 12.0. The third-order valence-corrected chi connectivity index (χ3v) is 7.21. The van der Waals surface area contributed by atoms with E-state index in [0.29, 0.717) is 11.1 Å². The molecule has 0 amide bonds. The summed E-state index contributed by atoms with van der Waals surface area (Å²) in [5, 5.41) is 29.3. The molecule has 1 aliphatic rings. The lowest BCUT2D eigenvalue weighted by Crippen LogP contribution is -2.53. The molecule has 1 fully saturated rings. The Morgan fingerprint density at radius 1 is 0.971 bits per heavy atom. The van der Waals surface area contributed by atoms with Crippen LogP contribution in [0.3, 0.4) is 0 Å². The molecule has 0 spiro atoms. The summed E-state index contributed by atoms with van der Waals surface area (Å²) in [6, 6.07) is 19.0. The minimum atomic E-state index is -0.106. The summed E-state index contributed by atoms with van der Waals surface area (Å²) in [5.74, 6) is 0.930. The van der Waals surface area contributed by atoms with Crippen molar-refractivity contribution in [1.29, 1.82) is 0 Å². The standard InChI is InChI=1S/C27H25NO5S/c29-13-1-12-28-15-22(16-28)33-21-9-4-17(5-10-21)26(32)25-23-11-8-20(31)14-24(23)34-27(25)18-2-6-19(30)7-3-18/h2-11,14,22,29-31H,1,12-13,15-16H2. The van der Waals surface area contributed by atoms with Crippen molar-refractivity contribution >= 4 is 27.2 Å². The van der Waals surface area contributed by atoms with Crippen LogP contribution >= 0.6 is 11.3 Å². The van der Waals surface area contributed by atoms with Crippen LogP contribution in [0.25, 0.3) is 20.5 Å². The normalized spacial score (nSPS) is 14.3. The molecule has 6 nitrogen and oxygen atoms in total. The van der Waals surface area contributed by atoms with E-state index >= 15 is 0 Å². The Bertz CT molecular complexity index is 1310. The third kappa shape index (κ3) is 4.50. The molecule has 0 bridgehead atoms. The fraction of sp³-hybridized carbons (Fsp3) is 0.222. The van der Waals surface area contributed by atoms with Crippen LogP contribution < -0.4 is 4.74 Å². The minimum Gasteiger partial charge on any atom is -0.508 e.